The van der Waals surface area contributed by atoms with E-state index in [1.807, 2.05) is 0 Å². The molecule has 2 heterocycles. The van der Waals surface area contributed by atoms with E-state index in [1.165, 1.54) is 0 Å². The summed E-state index contributed by atoms with van der Waals surface area (Å²) in [5.41, 5.74) is -3.32. The molecular weight excluding hydrogens is 267 g/mol. The molecule has 1 aliphatic rings. The zero-order chi connectivity index (χ0) is 14.3. The molecule has 104 valence electrons. The Hall–Kier alpha value is -2.06. The van der Waals surface area contributed by atoms with Crippen LogP contribution in [0, 0.1) is 5.41 Å². The molecule has 0 saturated carbocycles. The molecule has 0 radical (unpaired) electrons. The van der Waals surface area contributed by atoms with E-state index in [9.17, 15) is 22.8 Å². The molecule has 2 N–H and O–H groups in total. The van der Waals surface area contributed by atoms with Crippen molar-refractivity contribution in [2.45, 2.75) is 12.6 Å². The predicted molar refractivity (Wildman–Crippen MR) is 57.8 cm³/mol. The number of aromatic nitrogens is 2. The molecule has 0 bridgehead atoms. The van der Waals surface area contributed by atoms with Crippen molar-refractivity contribution in [3.05, 3.63) is 22.7 Å². The van der Waals surface area contributed by atoms with Gasteiger partial charge in [0.25, 0.3) is 5.56 Å². The molecule has 6 nitrogen and oxygen atoms in total. The molecule has 1 unspecified atom stereocenters. The Morgan fingerprint density at radius 2 is 2.21 bits per heavy atom. The Morgan fingerprint density at radius 1 is 1.53 bits per heavy atom. The molecule has 1 fully saturated rings. The SMILES string of the molecule is O=C(O)C1(C(F)(F)F)CCN(c2cc(=O)[nH]cn2)C1. The summed E-state index contributed by atoms with van der Waals surface area (Å²) in [6, 6.07) is 1.04. The fourth-order valence-corrected chi connectivity index (χ4v) is 2.06. The highest BCUT2D eigenvalue weighted by molar-refractivity contribution is 5.77. The second kappa shape index (κ2) is 4.25. The molecule has 0 amide bonds. The van der Waals surface area contributed by atoms with E-state index in [1.54, 1.807) is 0 Å². The Morgan fingerprint density at radius 3 is 2.68 bits per heavy atom. The first-order chi connectivity index (χ1) is 8.76. The van der Waals surface area contributed by atoms with E-state index < -0.39 is 36.1 Å². The zero-order valence-electron chi connectivity index (χ0n) is 9.57. The van der Waals surface area contributed by atoms with Crippen LogP contribution in [0.25, 0.3) is 0 Å². The van der Waals surface area contributed by atoms with Crippen LogP contribution in [-0.2, 0) is 4.79 Å². The van der Waals surface area contributed by atoms with Gasteiger partial charge in [-0.3, -0.25) is 9.59 Å². The standard InChI is InChI=1S/C10H10F3N3O3/c11-10(12,13)9(8(18)19)1-2-16(4-9)6-3-7(17)15-5-14-6/h3,5H,1-2,4H2,(H,18,19)(H,14,15,17). The molecule has 2 rings (SSSR count). The highest BCUT2D eigenvalue weighted by Crippen LogP contribution is 2.46. The minimum atomic E-state index is -4.85. The summed E-state index contributed by atoms with van der Waals surface area (Å²) in [4.78, 5) is 29.2. The van der Waals surface area contributed by atoms with Crippen molar-refractivity contribution in [1.82, 2.24) is 9.97 Å². The number of nitrogens with one attached hydrogen (secondary N) is 1. The average Bonchev–Trinajstić information content (AvgIpc) is 2.74. The van der Waals surface area contributed by atoms with Crippen LogP contribution in [0.4, 0.5) is 19.0 Å². The van der Waals surface area contributed by atoms with Gasteiger partial charge in [-0.25, -0.2) is 4.98 Å². The molecule has 19 heavy (non-hydrogen) atoms. The molecule has 0 aromatic carbocycles. The van der Waals surface area contributed by atoms with Crippen LogP contribution < -0.4 is 10.5 Å². The minimum absolute atomic E-state index is 0.0381. The first kappa shape index (κ1) is 13.4. The van der Waals surface area contributed by atoms with Crippen LogP contribution in [0.1, 0.15) is 6.42 Å². The number of nitrogens with zero attached hydrogens (tertiary/aromatic N) is 2. The summed E-state index contributed by atoms with van der Waals surface area (Å²) >= 11 is 0. The number of hydrogen-bond acceptors (Lipinski definition) is 4. The van der Waals surface area contributed by atoms with Gasteiger partial charge in [-0.2, -0.15) is 13.2 Å². The molecular formula is C10H10F3N3O3. The Bertz CT molecular complexity index is 557. The smallest absolute Gasteiger partial charge is 0.406 e. The van der Waals surface area contributed by atoms with E-state index in [0.717, 1.165) is 17.3 Å². The van der Waals surface area contributed by atoms with Gasteiger partial charge in [-0.05, 0) is 6.42 Å². The molecule has 9 heteroatoms. The van der Waals surface area contributed by atoms with Crippen molar-refractivity contribution in [2.75, 3.05) is 18.0 Å². The third-order valence-electron chi connectivity index (χ3n) is 3.21. The Balaban J connectivity index is 2.32. The molecule has 0 spiro atoms. The van der Waals surface area contributed by atoms with E-state index in [4.69, 9.17) is 5.11 Å². The fraction of sp³-hybridized carbons (Fsp3) is 0.500. The van der Waals surface area contributed by atoms with Crippen molar-refractivity contribution in [3.63, 3.8) is 0 Å². The number of aromatic amines is 1. The Kier molecular flexibility index (Phi) is 2.99. The lowest BCUT2D eigenvalue weighted by Crippen LogP contribution is -2.47. The second-order valence-electron chi connectivity index (χ2n) is 4.33. The molecule has 1 aromatic rings. The lowest BCUT2D eigenvalue weighted by atomic mass is 9.86. The van der Waals surface area contributed by atoms with Gasteiger partial charge in [0.05, 0.1) is 6.33 Å². The molecule has 1 atom stereocenters. The first-order valence-electron chi connectivity index (χ1n) is 5.36. The summed E-state index contributed by atoms with van der Waals surface area (Å²) in [5.74, 6) is -1.87. The molecule has 1 aromatic heterocycles. The summed E-state index contributed by atoms with van der Waals surface area (Å²) in [5, 5.41) is 8.88. The largest absolute Gasteiger partial charge is 0.481 e. The van der Waals surface area contributed by atoms with Gasteiger partial charge in [0.15, 0.2) is 5.41 Å². The van der Waals surface area contributed by atoms with Gasteiger partial charge >= 0.3 is 12.1 Å². The molecule has 0 aliphatic carbocycles. The van der Waals surface area contributed by atoms with Gasteiger partial charge in [0.1, 0.15) is 5.82 Å². The van der Waals surface area contributed by atoms with Gasteiger partial charge in [0, 0.05) is 19.2 Å². The Labute approximate surface area is 104 Å². The van der Waals surface area contributed by atoms with Crippen molar-refractivity contribution in [2.24, 2.45) is 5.41 Å². The highest BCUT2D eigenvalue weighted by atomic mass is 19.4. The van der Waals surface area contributed by atoms with E-state index in [0.29, 0.717) is 0 Å². The van der Waals surface area contributed by atoms with Crippen molar-refractivity contribution < 1.29 is 23.1 Å². The quantitative estimate of drug-likeness (QED) is 0.827. The summed E-state index contributed by atoms with van der Waals surface area (Å²) < 4.78 is 38.8. The average molecular weight is 277 g/mol. The maximum Gasteiger partial charge on any atom is 0.406 e. The second-order valence-corrected chi connectivity index (χ2v) is 4.33. The number of carbonyl (C=O) groups is 1. The third-order valence-corrected chi connectivity index (χ3v) is 3.21. The maximum absolute atomic E-state index is 12.9. The van der Waals surface area contributed by atoms with Crippen LogP contribution in [0.3, 0.4) is 0 Å². The van der Waals surface area contributed by atoms with Gasteiger partial charge in [-0.1, -0.05) is 0 Å². The van der Waals surface area contributed by atoms with Crippen LogP contribution in [-0.4, -0.2) is 40.3 Å². The topological polar surface area (TPSA) is 86.3 Å². The number of aliphatic carboxylic acids is 1. The number of hydrogen-bond donors (Lipinski definition) is 2. The number of rotatable bonds is 2. The summed E-state index contributed by atoms with van der Waals surface area (Å²) in [6.45, 7) is -0.870. The first-order valence-corrected chi connectivity index (χ1v) is 5.36. The molecule has 1 saturated heterocycles. The maximum atomic E-state index is 12.9. The van der Waals surface area contributed by atoms with Crippen molar-refractivity contribution >= 4 is 11.8 Å². The van der Waals surface area contributed by atoms with Crippen molar-refractivity contribution in [3.8, 4) is 0 Å². The van der Waals surface area contributed by atoms with E-state index in [-0.39, 0.29) is 12.4 Å². The lowest BCUT2D eigenvalue weighted by molar-refractivity contribution is -0.225. The number of carboxylic acid groups (broad SMARTS) is 1. The van der Waals surface area contributed by atoms with Gasteiger partial charge in [-0.15, -0.1) is 0 Å². The lowest BCUT2D eigenvalue weighted by Gasteiger charge is -2.27. The van der Waals surface area contributed by atoms with Crippen LogP contribution in [0.2, 0.25) is 0 Å². The normalized spacial score (nSPS) is 23.6. The number of alkyl halides is 3. The van der Waals surface area contributed by atoms with Crippen molar-refractivity contribution in [1.29, 1.82) is 0 Å². The molecule has 1 aliphatic heterocycles. The third kappa shape index (κ3) is 2.15. The predicted octanol–water partition coefficient (Wildman–Crippen LogP) is 0.613. The van der Waals surface area contributed by atoms with E-state index >= 15 is 0 Å². The number of carboxylic acids is 1. The van der Waals surface area contributed by atoms with Crippen LogP contribution in [0.5, 0.6) is 0 Å². The number of halogens is 3. The fourth-order valence-electron chi connectivity index (χ4n) is 2.06. The van der Waals surface area contributed by atoms with E-state index in [2.05, 4.69) is 9.97 Å². The van der Waals surface area contributed by atoms with Crippen LogP contribution in [0.15, 0.2) is 17.2 Å². The minimum Gasteiger partial charge on any atom is -0.481 e. The summed E-state index contributed by atoms with van der Waals surface area (Å²) in [7, 11) is 0. The van der Waals surface area contributed by atoms with Gasteiger partial charge < -0.3 is 15.0 Å². The van der Waals surface area contributed by atoms with Gasteiger partial charge in [0.2, 0.25) is 0 Å². The monoisotopic (exact) mass is 277 g/mol. The summed E-state index contributed by atoms with van der Waals surface area (Å²) in [6.07, 6.45) is -4.36. The van der Waals surface area contributed by atoms with Crippen LogP contribution >= 0.6 is 0 Å². The highest BCUT2D eigenvalue weighted by Gasteiger charge is 2.63. The number of anilines is 1. The number of H-pyrrole nitrogens is 1. The zero-order valence-corrected chi connectivity index (χ0v) is 9.57.